The lowest BCUT2D eigenvalue weighted by Gasteiger charge is -2.16. The van der Waals surface area contributed by atoms with E-state index < -0.39 is 0 Å². The Balaban J connectivity index is 2.13. The topological polar surface area (TPSA) is 50.4 Å². The van der Waals surface area contributed by atoms with Gasteiger partial charge in [-0.3, -0.25) is 4.79 Å². The molecule has 2 N–H and O–H groups in total. The highest BCUT2D eigenvalue weighted by atomic mass is 79.9. The number of anilines is 1. The molecule has 98 valence electrons. The Labute approximate surface area is 115 Å². The fourth-order valence-electron chi connectivity index (χ4n) is 2.22. The lowest BCUT2D eigenvalue weighted by Crippen LogP contribution is -2.32. The van der Waals surface area contributed by atoms with Gasteiger partial charge in [-0.15, -0.1) is 0 Å². The Kier molecular flexibility index (Phi) is 4.24. The van der Waals surface area contributed by atoms with Gasteiger partial charge in [0.25, 0.3) is 0 Å². The van der Waals surface area contributed by atoms with Gasteiger partial charge in [0.1, 0.15) is 5.75 Å². The summed E-state index contributed by atoms with van der Waals surface area (Å²) >= 11 is 3.39. The lowest BCUT2D eigenvalue weighted by atomic mass is 10.0. The summed E-state index contributed by atoms with van der Waals surface area (Å²) in [5.41, 5.74) is 0.705. The molecule has 1 aliphatic heterocycles. The second-order valence-electron chi connectivity index (χ2n) is 4.47. The number of halogens is 1. The van der Waals surface area contributed by atoms with Crippen molar-refractivity contribution in [3.05, 3.63) is 22.7 Å². The molecule has 0 bridgehead atoms. The molecule has 2 atom stereocenters. The zero-order valence-electron chi connectivity index (χ0n) is 10.5. The number of carbonyl (C=O) groups excluding carboxylic acids is 1. The van der Waals surface area contributed by atoms with E-state index >= 15 is 0 Å². The zero-order valence-corrected chi connectivity index (χ0v) is 12.1. The summed E-state index contributed by atoms with van der Waals surface area (Å²) in [6.45, 7) is 2.93. The fraction of sp³-hybridized carbons (Fsp3) is 0.462. The van der Waals surface area contributed by atoms with E-state index in [2.05, 4.69) is 26.6 Å². The van der Waals surface area contributed by atoms with Crippen LogP contribution in [0.2, 0.25) is 0 Å². The van der Waals surface area contributed by atoms with Gasteiger partial charge in [0, 0.05) is 10.5 Å². The number of rotatable bonds is 3. The molecule has 5 heteroatoms. The van der Waals surface area contributed by atoms with E-state index in [4.69, 9.17) is 4.74 Å². The van der Waals surface area contributed by atoms with Crippen molar-refractivity contribution in [2.24, 2.45) is 5.92 Å². The molecule has 1 fully saturated rings. The molecule has 0 aliphatic carbocycles. The van der Waals surface area contributed by atoms with Crippen molar-refractivity contribution in [2.45, 2.75) is 19.4 Å². The SMILES string of the molecule is COc1ccc(Br)cc1NC(=O)C1CCNC1C. The lowest BCUT2D eigenvalue weighted by molar-refractivity contribution is -0.120. The highest BCUT2D eigenvalue weighted by Gasteiger charge is 2.29. The monoisotopic (exact) mass is 312 g/mol. The highest BCUT2D eigenvalue weighted by molar-refractivity contribution is 9.10. The minimum atomic E-state index is 0.0219. The number of ether oxygens (including phenoxy) is 1. The molecule has 4 nitrogen and oxygen atoms in total. The second-order valence-corrected chi connectivity index (χ2v) is 5.39. The van der Waals surface area contributed by atoms with Crippen molar-refractivity contribution in [2.75, 3.05) is 19.0 Å². The number of methoxy groups -OCH3 is 1. The molecular weight excluding hydrogens is 296 g/mol. The van der Waals surface area contributed by atoms with Crippen molar-refractivity contribution >= 4 is 27.5 Å². The first kappa shape index (κ1) is 13.4. The Morgan fingerprint density at radius 2 is 2.33 bits per heavy atom. The summed E-state index contributed by atoms with van der Waals surface area (Å²) in [6, 6.07) is 5.79. The Morgan fingerprint density at radius 1 is 1.56 bits per heavy atom. The third-order valence-electron chi connectivity index (χ3n) is 3.28. The van der Waals surface area contributed by atoms with Gasteiger partial charge in [-0.25, -0.2) is 0 Å². The number of carbonyl (C=O) groups is 1. The molecule has 18 heavy (non-hydrogen) atoms. The Bertz CT molecular complexity index is 451. The van der Waals surface area contributed by atoms with Gasteiger partial charge >= 0.3 is 0 Å². The summed E-state index contributed by atoms with van der Waals surface area (Å²) in [5.74, 6) is 0.739. The number of nitrogens with one attached hydrogen (secondary N) is 2. The Hall–Kier alpha value is -1.07. The van der Waals surface area contributed by atoms with E-state index in [9.17, 15) is 4.79 Å². The molecule has 0 spiro atoms. The van der Waals surface area contributed by atoms with Crippen molar-refractivity contribution in [3.8, 4) is 5.75 Å². The summed E-state index contributed by atoms with van der Waals surface area (Å²) < 4.78 is 6.15. The number of benzene rings is 1. The Morgan fingerprint density at radius 3 is 2.94 bits per heavy atom. The summed E-state index contributed by atoms with van der Waals surface area (Å²) in [7, 11) is 1.60. The maximum absolute atomic E-state index is 12.2. The summed E-state index contributed by atoms with van der Waals surface area (Å²) in [5, 5.41) is 6.22. The van der Waals surface area contributed by atoms with Crippen LogP contribution in [0.15, 0.2) is 22.7 Å². The molecule has 1 aliphatic rings. The van der Waals surface area contributed by atoms with Gasteiger partial charge in [-0.2, -0.15) is 0 Å². The third kappa shape index (κ3) is 2.84. The van der Waals surface area contributed by atoms with Crippen LogP contribution in [-0.4, -0.2) is 25.6 Å². The van der Waals surface area contributed by atoms with Crippen LogP contribution >= 0.6 is 15.9 Å². The van der Waals surface area contributed by atoms with Crippen LogP contribution in [0.3, 0.4) is 0 Å². The first-order valence-corrected chi connectivity index (χ1v) is 6.79. The van der Waals surface area contributed by atoms with E-state index in [0.717, 1.165) is 17.4 Å². The third-order valence-corrected chi connectivity index (χ3v) is 3.77. The normalized spacial score (nSPS) is 22.8. The predicted molar refractivity (Wildman–Crippen MR) is 74.9 cm³/mol. The molecule has 1 saturated heterocycles. The van der Waals surface area contributed by atoms with Gasteiger partial charge in [-0.1, -0.05) is 15.9 Å². The van der Waals surface area contributed by atoms with E-state index in [1.54, 1.807) is 7.11 Å². The highest BCUT2D eigenvalue weighted by Crippen LogP contribution is 2.29. The van der Waals surface area contributed by atoms with Gasteiger partial charge in [0.05, 0.1) is 18.7 Å². The number of amides is 1. The van der Waals surface area contributed by atoms with Crippen molar-refractivity contribution in [1.82, 2.24) is 5.32 Å². The van der Waals surface area contributed by atoms with E-state index in [0.29, 0.717) is 11.4 Å². The molecule has 0 saturated carbocycles. The van der Waals surface area contributed by atoms with Crippen LogP contribution in [0.4, 0.5) is 5.69 Å². The zero-order chi connectivity index (χ0) is 13.1. The maximum atomic E-state index is 12.2. The quantitative estimate of drug-likeness (QED) is 0.901. The molecule has 1 amide bonds. The molecule has 1 heterocycles. The minimum Gasteiger partial charge on any atom is -0.495 e. The van der Waals surface area contributed by atoms with Crippen molar-refractivity contribution < 1.29 is 9.53 Å². The summed E-state index contributed by atoms with van der Waals surface area (Å²) in [4.78, 5) is 12.2. The first-order chi connectivity index (χ1) is 8.61. The molecule has 2 unspecified atom stereocenters. The minimum absolute atomic E-state index is 0.0219. The molecule has 1 aromatic carbocycles. The van der Waals surface area contributed by atoms with Crippen LogP contribution in [0, 0.1) is 5.92 Å². The van der Waals surface area contributed by atoms with E-state index in [-0.39, 0.29) is 17.9 Å². The predicted octanol–water partition coefficient (Wildman–Crippen LogP) is 2.39. The van der Waals surface area contributed by atoms with Gasteiger partial charge in [0.2, 0.25) is 5.91 Å². The second kappa shape index (κ2) is 5.71. The fourth-order valence-corrected chi connectivity index (χ4v) is 2.58. The van der Waals surface area contributed by atoms with Crippen LogP contribution in [-0.2, 0) is 4.79 Å². The van der Waals surface area contributed by atoms with Crippen molar-refractivity contribution in [3.63, 3.8) is 0 Å². The molecular formula is C13H17BrN2O2. The van der Waals surface area contributed by atoms with Crippen LogP contribution in [0.5, 0.6) is 5.75 Å². The standard InChI is InChI=1S/C13H17BrN2O2/c1-8-10(5-6-15-8)13(17)16-11-7-9(14)3-4-12(11)18-2/h3-4,7-8,10,15H,5-6H2,1-2H3,(H,16,17). The van der Waals surface area contributed by atoms with Gasteiger partial charge in [-0.05, 0) is 38.1 Å². The average Bonchev–Trinajstić information content (AvgIpc) is 2.76. The number of hydrogen-bond donors (Lipinski definition) is 2. The van der Waals surface area contributed by atoms with Crippen LogP contribution < -0.4 is 15.4 Å². The summed E-state index contributed by atoms with van der Waals surface area (Å²) in [6.07, 6.45) is 0.878. The first-order valence-electron chi connectivity index (χ1n) is 5.99. The smallest absolute Gasteiger partial charge is 0.229 e. The molecule has 0 aromatic heterocycles. The van der Waals surface area contributed by atoms with Gasteiger partial charge < -0.3 is 15.4 Å². The van der Waals surface area contributed by atoms with Crippen LogP contribution in [0.1, 0.15) is 13.3 Å². The largest absolute Gasteiger partial charge is 0.495 e. The molecule has 0 radical (unpaired) electrons. The molecule has 1 aromatic rings. The average molecular weight is 313 g/mol. The maximum Gasteiger partial charge on any atom is 0.229 e. The number of hydrogen-bond acceptors (Lipinski definition) is 3. The van der Waals surface area contributed by atoms with E-state index in [1.807, 2.05) is 25.1 Å². The van der Waals surface area contributed by atoms with Crippen LogP contribution in [0.25, 0.3) is 0 Å². The van der Waals surface area contributed by atoms with Crippen molar-refractivity contribution in [1.29, 1.82) is 0 Å². The molecule has 2 rings (SSSR count). The van der Waals surface area contributed by atoms with E-state index in [1.165, 1.54) is 0 Å². The van der Waals surface area contributed by atoms with Gasteiger partial charge in [0.15, 0.2) is 0 Å².